The second-order valence-electron chi connectivity index (χ2n) is 4.87. The number of nitrogens with one attached hydrogen (secondary N) is 1. The molecule has 2 rings (SSSR count). The van der Waals surface area contributed by atoms with E-state index in [0.29, 0.717) is 24.5 Å². The lowest BCUT2D eigenvalue weighted by atomic mass is 10.2. The Hall–Kier alpha value is -2.34. The standard InChI is InChI=1S/C18H18BrNO4/c1-2-23-16-10-6-4-8-14(16)18(22)24-12-17(21)20-11-13-7-3-5-9-15(13)19/h3-10H,2,11-12H2,1H3,(H,20,21). The number of rotatable bonds is 7. The highest BCUT2D eigenvalue weighted by Crippen LogP contribution is 2.19. The second kappa shape index (κ2) is 9.08. The zero-order valence-corrected chi connectivity index (χ0v) is 14.8. The van der Waals surface area contributed by atoms with E-state index in [4.69, 9.17) is 9.47 Å². The third kappa shape index (κ3) is 5.09. The summed E-state index contributed by atoms with van der Waals surface area (Å²) in [6, 6.07) is 14.3. The van der Waals surface area contributed by atoms with E-state index in [0.717, 1.165) is 10.0 Å². The average molecular weight is 392 g/mol. The summed E-state index contributed by atoms with van der Waals surface area (Å²) in [5.41, 5.74) is 1.25. The Bertz CT molecular complexity index is 718. The summed E-state index contributed by atoms with van der Waals surface area (Å²) in [6.07, 6.45) is 0. The summed E-state index contributed by atoms with van der Waals surface area (Å²) in [6.45, 7) is 2.28. The highest BCUT2D eigenvalue weighted by atomic mass is 79.9. The first-order chi connectivity index (χ1) is 11.6. The number of ether oxygens (including phenoxy) is 2. The Morgan fingerprint density at radius 2 is 1.79 bits per heavy atom. The Balaban J connectivity index is 1.85. The molecule has 0 radical (unpaired) electrons. The normalized spacial score (nSPS) is 10.1. The highest BCUT2D eigenvalue weighted by Gasteiger charge is 2.15. The largest absolute Gasteiger partial charge is 0.493 e. The number of carbonyl (C=O) groups is 2. The molecule has 6 heteroatoms. The molecule has 0 heterocycles. The predicted octanol–water partition coefficient (Wildman–Crippen LogP) is 3.32. The third-order valence-electron chi connectivity index (χ3n) is 3.18. The van der Waals surface area contributed by atoms with E-state index in [1.165, 1.54) is 0 Å². The first-order valence-electron chi connectivity index (χ1n) is 7.51. The molecule has 0 saturated carbocycles. The van der Waals surface area contributed by atoms with E-state index in [9.17, 15) is 9.59 Å². The molecule has 0 spiro atoms. The van der Waals surface area contributed by atoms with Crippen molar-refractivity contribution in [2.45, 2.75) is 13.5 Å². The Kier molecular flexibility index (Phi) is 6.81. The third-order valence-corrected chi connectivity index (χ3v) is 3.95. The van der Waals surface area contributed by atoms with E-state index >= 15 is 0 Å². The number of para-hydroxylation sites is 1. The maximum atomic E-state index is 12.1. The van der Waals surface area contributed by atoms with Crippen molar-refractivity contribution in [2.24, 2.45) is 0 Å². The van der Waals surface area contributed by atoms with Crippen LogP contribution in [-0.2, 0) is 16.1 Å². The molecular weight excluding hydrogens is 374 g/mol. The van der Waals surface area contributed by atoms with Crippen LogP contribution in [0.15, 0.2) is 53.0 Å². The fraction of sp³-hybridized carbons (Fsp3) is 0.222. The molecule has 0 saturated heterocycles. The molecule has 5 nitrogen and oxygen atoms in total. The van der Waals surface area contributed by atoms with Crippen LogP contribution in [0, 0.1) is 0 Å². The molecule has 0 bridgehead atoms. The van der Waals surface area contributed by atoms with E-state index in [-0.39, 0.29) is 12.5 Å². The van der Waals surface area contributed by atoms with E-state index < -0.39 is 5.97 Å². The van der Waals surface area contributed by atoms with Gasteiger partial charge in [0.25, 0.3) is 5.91 Å². The van der Waals surface area contributed by atoms with Gasteiger partial charge in [-0.2, -0.15) is 0 Å². The van der Waals surface area contributed by atoms with E-state index in [1.54, 1.807) is 24.3 Å². The smallest absolute Gasteiger partial charge is 0.342 e. The summed E-state index contributed by atoms with van der Waals surface area (Å²) in [4.78, 5) is 23.9. The van der Waals surface area contributed by atoms with Gasteiger partial charge in [-0.15, -0.1) is 0 Å². The zero-order chi connectivity index (χ0) is 17.4. The van der Waals surface area contributed by atoms with Gasteiger partial charge in [-0.05, 0) is 30.7 Å². The molecule has 0 unspecified atom stereocenters. The van der Waals surface area contributed by atoms with Gasteiger partial charge in [-0.1, -0.05) is 46.3 Å². The number of esters is 1. The van der Waals surface area contributed by atoms with Crippen LogP contribution in [0.5, 0.6) is 5.75 Å². The second-order valence-corrected chi connectivity index (χ2v) is 5.73. The number of carbonyl (C=O) groups excluding carboxylic acids is 2. The lowest BCUT2D eigenvalue weighted by Crippen LogP contribution is -2.28. The van der Waals surface area contributed by atoms with Gasteiger partial charge in [0.1, 0.15) is 11.3 Å². The maximum Gasteiger partial charge on any atom is 0.342 e. The summed E-state index contributed by atoms with van der Waals surface area (Å²) in [7, 11) is 0. The predicted molar refractivity (Wildman–Crippen MR) is 93.9 cm³/mol. The van der Waals surface area contributed by atoms with Crippen LogP contribution in [0.25, 0.3) is 0 Å². The fourth-order valence-corrected chi connectivity index (χ4v) is 2.44. The topological polar surface area (TPSA) is 64.6 Å². The van der Waals surface area contributed by atoms with Gasteiger partial charge in [0.15, 0.2) is 6.61 Å². The zero-order valence-electron chi connectivity index (χ0n) is 13.3. The van der Waals surface area contributed by atoms with Crippen molar-refractivity contribution in [2.75, 3.05) is 13.2 Å². The SMILES string of the molecule is CCOc1ccccc1C(=O)OCC(=O)NCc1ccccc1Br. The Morgan fingerprint density at radius 1 is 1.08 bits per heavy atom. The molecule has 126 valence electrons. The minimum Gasteiger partial charge on any atom is -0.493 e. The molecule has 1 N–H and O–H groups in total. The first kappa shape index (κ1) is 18.0. The Morgan fingerprint density at radius 3 is 2.54 bits per heavy atom. The first-order valence-corrected chi connectivity index (χ1v) is 8.30. The van der Waals surface area contributed by atoms with Crippen LogP contribution in [0.3, 0.4) is 0 Å². The van der Waals surface area contributed by atoms with Crippen LogP contribution >= 0.6 is 15.9 Å². The van der Waals surface area contributed by atoms with E-state index in [2.05, 4.69) is 21.2 Å². The number of halogens is 1. The fourth-order valence-electron chi connectivity index (χ4n) is 2.01. The molecule has 2 aromatic rings. The lowest BCUT2D eigenvalue weighted by Gasteiger charge is -2.10. The monoisotopic (exact) mass is 391 g/mol. The van der Waals surface area contributed by atoms with Crippen molar-refractivity contribution < 1.29 is 19.1 Å². The van der Waals surface area contributed by atoms with Crippen molar-refractivity contribution in [1.82, 2.24) is 5.32 Å². The number of hydrogen-bond acceptors (Lipinski definition) is 4. The van der Waals surface area contributed by atoms with Crippen LogP contribution in [-0.4, -0.2) is 25.1 Å². The molecule has 2 aromatic carbocycles. The summed E-state index contributed by atoms with van der Waals surface area (Å²) >= 11 is 3.41. The van der Waals surface area contributed by atoms with Crippen molar-refractivity contribution >= 4 is 27.8 Å². The maximum absolute atomic E-state index is 12.1. The van der Waals surface area contributed by atoms with Crippen molar-refractivity contribution in [3.05, 3.63) is 64.1 Å². The summed E-state index contributed by atoms with van der Waals surface area (Å²) in [5.74, 6) is -0.512. The molecule has 24 heavy (non-hydrogen) atoms. The molecule has 0 aliphatic rings. The van der Waals surface area contributed by atoms with E-state index in [1.807, 2.05) is 31.2 Å². The molecule has 0 fully saturated rings. The van der Waals surface area contributed by atoms with Gasteiger partial charge >= 0.3 is 5.97 Å². The molecule has 0 aliphatic heterocycles. The van der Waals surface area contributed by atoms with Crippen LogP contribution in [0.1, 0.15) is 22.8 Å². The minimum atomic E-state index is -0.588. The van der Waals surface area contributed by atoms with Crippen LogP contribution in [0.2, 0.25) is 0 Å². The molecule has 0 aliphatic carbocycles. The number of benzene rings is 2. The van der Waals surface area contributed by atoms with Crippen LogP contribution < -0.4 is 10.1 Å². The molecule has 0 atom stereocenters. The minimum absolute atomic E-state index is 0.304. The quantitative estimate of drug-likeness (QED) is 0.735. The van der Waals surface area contributed by atoms with Crippen LogP contribution in [0.4, 0.5) is 0 Å². The lowest BCUT2D eigenvalue weighted by molar-refractivity contribution is -0.124. The summed E-state index contributed by atoms with van der Waals surface area (Å²) < 4.78 is 11.3. The average Bonchev–Trinajstić information content (AvgIpc) is 2.60. The molecule has 1 amide bonds. The summed E-state index contributed by atoms with van der Waals surface area (Å²) in [5, 5.41) is 2.71. The highest BCUT2D eigenvalue weighted by molar-refractivity contribution is 9.10. The Labute approximate surface area is 149 Å². The van der Waals surface area contributed by atoms with Gasteiger partial charge in [0.2, 0.25) is 0 Å². The van der Waals surface area contributed by atoms with Crippen molar-refractivity contribution in [1.29, 1.82) is 0 Å². The van der Waals surface area contributed by atoms with Crippen molar-refractivity contribution in [3.63, 3.8) is 0 Å². The number of amides is 1. The van der Waals surface area contributed by atoms with Gasteiger partial charge in [-0.3, -0.25) is 4.79 Å². The van der Waals surface area contributed by atoms with Gasteiger partial charge in [0.05, 0.1) is 6.61 Å². The van der Waals surface area contributed by atoms with Gasteiger partial charge in [-0.25, -0.2) is 4.79 Å². The van der Waals surface area contributed by atoms with Gasteiger partial charge < -0.3 is 14.8 Å². The van der Waals surface area contributed by atoms with Crippen molar-refractivity contribution in [3.8, 4) is 5.75 Å². The molecule has 0 aromatic heterocycles. The van der Waals surface area contributed by atoms with Gasteiger partial charge in [0, 0.05) is 11.0 Å². The molecular formula is C18H18BrNO4. The number of hydrogen-bond donors (Lipinski definition) is 1.